The summed E-state index contributed by atoms with van der Waals surface area (Å²) in [4.78, 5) is 11.7. The Kier molecular flexibility index (Phi) is 5.19. The summed E-state index contributed by atoms with van der Waals surface area (Å²) in [7, 11) is 0. The number of carbonyl (C=O) groups excluding carboxylic acids is 1. The monoisotopic (exact) mass is 297 g/mol. The van der Waals surface area contributed by atoms with Crippen LogP contribution in [0, 0.1) is 5.41 Å². The summed E-state index contributed by atoms with van der Waals surface area (Å²) < 4.78 is 0. The van der Waals surface area contributed by atoms with Crippen LogP contribution in [0.5, 0.6) is 0 Å². The topological polar surface area (TPSA) is 29.1 Å². The molecule has 17 heavy (non-hydrogen) atoms. The van der Waals surface area contributed by atoms with Crippen molar-refractivity contribution in [3.05, 3.63) is 35.9 Å². The SMILES string of the molecule is CC(C)(C)C(NC(=O)CCBr)c1ccccc1. The van der Waals surface area contributed by atoms with Crippen molar-refractivity contribution in [2.45, 2.75) is 33.2 Å². The van der Waals surface area contributed by atoms with Gasteiger partial charge in [0.15, 0.2) is 0 Å². The predicted octanol–water partition coefficient (Wildman–Crippen LogP) is 3.68. The van der Waals surface area contributed by atoms with Crippen molar-refractivity contribution in [2.75, 3.05) is 5.33 Å². The zero-order valence-corrected chi connectivity index (χ0v) is 12.3. The second-order valence-electron chi connectivity index (χ2n) is 5.22. The number of rotatable bonds is 4. The van der Waals surface area contributed by atoms with Gasteiger partial charge in [-0.25, -0.2) is 0 Å². The van der Waals surface area contributed by atoms with Crippen LogP contribution in [0.25, 0.3) is 0 Å². The van der Waals surface area contributed by atoms with E-state index >= 15 is 0 Å². The highest BCUT2D eigenvalue weighted by molar-refractivity contribution is 9.09. The lowest BCUT2D eigenvalue weighted by molar-refractivity contribution is -0.122. The lowest BCUT2D eigenvalue weighted by atomic mass is 9.82. The average Bonchev–Trinajstić information content (AvgIpc) is 2.26. The van der Waals surface area contributed by atoms with Crippen molar-refractivity contribution in [1.29, 1.82) is 0 Å². The molecule has 0 aliphatic carbocycles. The third kappa shape index (κ3) is 4.50. The molecule has 2 nitrogen and oxygen atoms in total. The van der Waals surface area contributed by atoms with Gasteiger partial charge in [-0.3, -0.25) is 4.79 Å². The van der Waals surface area contributed by atoms with E-state index in [-0.39, 0.29) is 17.4 Å². The largest absolute Gasteiger partial charge is 0.349 e. The summed E-state index contributed by atoms with van der Waals surface area (Å²) in [6.45, 7) is 6.41. The molecule has 0 heterocycles. The van der Waals surface area contributed by atoms with Gasteiger partial charge in [0.2, 0.25) is 5.91 Å². The van der Waals surface area contributed by atoms with E-state index in [9.17, 15) is 4.79 Å². The Labute approximate surface area is 112 Å². The van der Waals surface area contributed by atoms with Gasteiger partial charge in [0.05, 0.1) is 6.04 Å². The number of carbonyl (C=O) groups is 1. The molecule has 1 unspecified atom stereocenters. The van der Waals surface area contributed by atoms with Crippen LogP contribution in [0.3, 0.4) is 0 Å². The van der Waals surface area contributed by atoms with E-state index in [0.717, 1.165) is 5.56 Å². The van der Waals surface area contributed by atoms with E-state index in [1.54, 1.807) is 0 Å². The van der Waals surface area contributed by atoms with Gasteiger partial charge in [0.1, 0.15) is 0 Å². The summed E-state index contributed by atoms with van der Waals surface area (Å²) in [5, 5.41) is 3.80. The minimum Gasteiger partial charge on any atom is -0.349 e. The number of hydrogen-bond donors (Lipinski definition) is 1. The van der Waals surface area contributed by atoms with Crippen LogP contribution in [0.2, 0.25) is 0 Å². The number of amides is 1. The van der Waals surface area contributed by atoms with E-state index in [1.807, 2.05) is 18.2 Å². The number of halogens is 1. The summed E-state index contributed by atoms with van der Waals surface area (Å²) in [6.07, 6.45) is 0.513. The van der Waals surface area contributed by atoms with E-state index in [1.165, 1.54) is 0 Å². The predicted molar refractivity (Wildman–Crippen MR) is 75.2 cm³/mol. The third-order valence-corrected chi connectivity index (χ3v) is 3.02. The van der Waals surface area contributed by atoms with Gasteiger partial charge in [-0.05, 0) is 11.0 Å². The molecule has 0 saturated carbocycles. The van der Waals surface area contributed by atoms with Gasteiger partial charge < -0.3 is 5.32 Å². The first-order valence-corrected chi connectivity index (χ1v) is 6.97. The highest BCUT2D eigenvalue weighted by atomic mass is 79.9. The van der Waals surface area contributed by atoms with Crippen LogP contribution in [-0.2, 0) is 4.79 Å². The molecular formula is C14H20BrNO. The molecule has 1 rings (SSSR count). The highest BCUT2D eigenvalue weighted by Crippen LogP contribution is 2.32. The van der Waals surface area contributed by atoms with E-state index in [4.69, 9.17) is 0 Å². The van der Waals surface area contributed by atoms with Gasteiger partial charge in [0, 0.05) is 11.8 Å². The van der Waals surface area contributed by atoms with Gasteiger partial charge in [-0.1, -0.05) is 67.0 Å². The summed E-state index contributed by atoms with van der Waals surface area (Å²) in [5.74, 6) is 0.0886. The minimum atomic E-state index is 0.00330. The fraction of sp³-hybridized carbons (Fsp3) is 0.500. The zero-order chi connectivity index (χ0) is 12.9. The van der Waals surface area contributed by atoms with Crippen molar-refractivity contribution in [1.82, 2.24) is 5.32 Å². The molecule has 1 amide bonds. The molecule has 1 aromatic carbocycles. The second kappa shape index (κ2) is 6.20. The zero-order valence-electron chi connectivity index (χ0n) is 10.7. The van der Waals surface area contributed by atoms with E-state index in [0.29, 0.717) is 11.8 Å². The molecule has 1 N–H and O–H groups in total. The molecule has 0 bridgehead atoms. The van der Waals surface area contributed by atoms with Gasteiger partial charge in [-0.15, -0.1) is 0 Å². The molecule has 0 aromatic heterocycles. The van der Waals surface area contributed by atoms with Crippen molar-refractivity contribution in [2.24, 2.45) is 5.41 Å². The molecule has 0 radical (unpaired) electrons. The van der Waals surface area contributed by atoms with E-state index < -0.39 is 0 Å². The maximum atomic E-state index is 11.7. The fourth-order valence-corrected chi connectivity index (χ4v) is 2.12. The summed E-state index contributed by atoms with van der Waals surface area (Å²) in [6, 6.07) is 10.2. The molecular weight excluding hydrogens is 278 g/mol. The average molecular weight is 298 g/mol. The Morgan fingerprint density at radius 1 is 1.29 bits per heavy atom. The molecule has 1 aromatic rings. The van der Waals surface area contributed by atoms with Crippen molar-refractivity contribution in [3.8, 4) is 0 Å². The maximum absolute atomic E-state index is 11.7. The lowest BCUT2D eigenvalue weighted by Gasteiger charge is -2.32. The smallest absolute Gasteiger partial charge is 0.221 e. The van der Waals surface area contributed by atoms with Crippen LogP contribution in [0.1, 0.15) is 38.8 Å². The molecule has 94 valence electrons. The first-order valence-electron chi connectivity index (χ1n) is 5.85. The van der Waals surface area contributed by atoms with Gasteiger partial charge >= 0.3 is 0 Å². The molecule has 0 fully saturated rings. The van der Waals surface area contributed by atoms with Crippen molar-refractivity contribution >= 4 is 21.8 Å². The third-order valence-electron chi connectivity index (χ3n) is 2.63. The molecule has 3 heteroatoms. The van der Waals surface area contributed by atoms with Crippen LogP contribution in [-0.4, -0.2) is 11.2 Å². The Hall–Kier alpha value is -0.830. The van der Waals surface area contributed by atoms with Crippen LogP contribution >= 0.6 is 15.9 Å². The highest BCUT2D eigenvalue weighted by Gasteiger charge is 2.27. The van der Waals surface area contributed by atoms with Gasteiger partial charge in [-0.2, -0.15) is 0 Å². The van der Waals surface area contributed by atoms with Crippen LogP contribution in [0.15, 0.2) is 30.3 Å². The molecule has 0 aliphatic heterocycles. The first-order chi connectivity index (χ1) is 7.95. The number of benzene rings is 1. The van der Waals surface area contributed by atoms with Crippen molar-refractivity contribution in [3.63, 3.8) is 0 Å². The maximum Gasteiger partial charge on any atom is 0.221 e. The Balaban J connectivity index is 2.87. The Morgan fingerprint density at radius 3 is 2.35 bits per heavy atom. The van der Waals surface area contributed by atoms with E-state index in [2.05, 4.69) is 54.2 Å². The van der Waals surface area contributed by atoms with Gasteiger partial charge in [0.25, 0.3) is 0 Å². The Morgan fingerprint density at radius 2 is 1.88 bits per heavy atom. The van der Waals surface area contributed by atoms with Crippen LogP contribution < -0.4 is 5.32 Å². The number of alkyl halides is 1. The van der Waals surface area contributed by atoms with Crippen LogP contribution in [0.4, 0.5) is 0 Å². The fourth-order valence-electron chi connectivity index (χ4n) is 1.76. The number of nitrogens with one attached hydrogen (secondary N) is 1. The minimum absolute atomic E-state index is 0.00330. The molecule has 1 atom stereocenters. The lowest BCUT2D eigenvalue weighted by Crippen LogP contribution is -2.36. The summed E-state index contributed by atoms with van der Waals surface area (Å²) in [5.41, 5.74) is 1.16. The molecule has 0 saturated heterocycles. The summed E-state index contributed by atoms with van der Waals surface area (Å²) >= 11 is 3.29. The van der Waals surface area contributed by atoms with Crippen molar-refractivity contribution < 1.29 is 4.79 Å². The first kappa shape index (κ1) is 14.2. The quantitative estimate of drug-likeness (QED) is 0.844. The second-order valence-corrected chi connectivity index (χ2v) is 6.01. The number of hydrogen-bond acceptors (Lipinski definition) is 1. The molecule has 0 aliphatic rings. The standard InChI is InChI=1S/C14H20BrNO/c1-14(2,3)13(16-12(17)9-10-15)11-7-5-4-6-8-11/h4-8,13H,9-10H2,1-3H3,(H,16,17). The normalized spacial score (nSPS) is 13.2. The Bertz CT molecular complexity index is 356. The molecule has 0 spiro atoms.